The zero-order chi connectivity index (χ0) is 36.7. The van der Waals surface area contributed by atoms with Crippen LogP contribution in [0.3, 0.4) is 0 Å². The fourth-order valence-corrected chi connectivity index (χ4v) is 8.83. The molecule has 0 unspecified atom stereocenters. The van der Waals surface area contributed by atoms with Crippen molar-refractivity contribution >= 4 is 65.6 Å². The highest BCUT2D eigenvalue weighted by atomic mass is 16.3. The van der Waals surface area contributed by atoms with Gasteiger partial charge in [0.1, 0.15) is 22.6 Å². The van der Waals surface area contributed by atoms with Crippen molar-refractivity contribution in [1.29, 1.82) is 0 Å². The summed E-state index contributed by atoms with van der Waals surface area (Å²) in [6, 6.07) is 66.2. The molecule has 0 saturated carbocycles. The van der Waals surface area contributed by atoms with Gasteiger partial charge in [-0.25, -0.2) is 4.68 Å². The Labute approximate surface area is 320 Å². The summed E-state index contributed by atoms with van der Waals surface area (Å²) in [6.07, 6.45) is 0. The van der Waals surface area contributed by atoms with Crippen molar-refractivity contribution in [2.24, 2.45) is 0 Å². The largest absolute Gasteiger partial charge is 0.456 e. The first-order valence-electron chi connectivity index (χ1n) is 18.9. The summed E-state index contributed by atoms with van der Waals surface area (Å²) in [7, 11) is 0. The molecule has 6 nitrogen and oxygen atoms in total. The SMILES string of the molecule is c1ccc(-c2nnn(-c3ccc4c5ccccc5n(-c5ccccc5-n5c6ccccc6c6c7c(ccc65)oc5ccccc57)c4c3)c2-c2ccccc2)cc1. The molecule has 4 aromatic heterocycles. The van der Waals surface area contributed by atoms with Gasteiger partial charge in [-0.05, 0) is 54.6 Å². The van der Waals surface area contributed by atoms with Gasteiger partial charge >= 0.3 is 0 Å². The topological polar surface area (TPSA) is 53.7 Å². The monoisotopic (exact) mass is 717 g/mol. The quantitative estimate of drug-likeness (QED) is 0.178. The molecular formula is C50H31N5O. The van der Waals surface area contributed by atoms with Crippen LogP contribution in [0.4, 0.5) is 0 Å². The van der Waals surface area contributed by atoms with E-state index in [0.717, 1.165) is 89.0 Å². The summed E-state index contributed by atoms with van der Waals surface area (Å²) >= 11 is 0. The number of aromatic nitrogens is 5. The molecular weight excluding hydrogens is 687 g/mol. The van der Waals surface area contributed by atoms with Crippen molar-refractivity contribution in [3.63, 3.8) is 0 Å². The van der Waals surface area contributed by atoms with E-state index in [1.54, 1.807) is 0 Å². The molecule has 0 radical (unpaired) electrons. The second-order valence-electron chi connectivity index (χ2n) is 14.3. The molecule has 56 heavy (non-hydrogen) atoms. The number of furan rings is 1. The first kappa shape index (κ1) is 30.7. The number of para-hydroxylation sites is 5. The van der Waals surface area contributed by atoms with Crippen LogP contribution in [0, 0.1) is 0 Å². The van der Waals surface area contributed by atoms with Crippen molar-refractivity contribution in [3.8, 4) is 39.6 Å². The zero-order valence-electron chi connectivity index (χ0n) is 30.0. The molecule has 262 valence electrons. The first-order valence-corrected chi connectivity index (χ1v) is 18.9. The second-order valence-corrected chi connectivity index (χ2v) is 14.3. The summed E-state index contributed by atoms with van der Waals surface area (Å²) in [5.74, 6) is 0. The van der Waals surface area contributed by atoms with Crippen LogP contribution in [-0.2, 0) is 0 Å². The Hall–Kier alpha value is -7.70. The Morgan fingerprint density at radius 2 is 0.982 bits per heavy atom. The van der Waals surface area contributed by atoms with Crippen molar-refractivity contribution < 1.29 is 4.42 Å². The molecule has 0 fully saturated rings. The third-order valence-corrected chi connectivity index (χ3v) is 11.2. The molecule has 8 aromatic carbocycles. The van der Waals surface area contributed by atoms with E-state index in [2.05, 4.69) is 167 Å². The lowest BCUT2D eigenvalue weighted by Crippen LogP contribution is -2.04. The van der Waals surface area contributed by atoms with E-state index in [0.29, 0.717) is 0 Å². The fourth-order valence-electron chi connectivity index (χ4n) is 8.83. The van der Waals surface area contributed by atoms with E-state index in [-0.39, 0.29) is 0 Å². The lowest BCUT2D eigenvalue weighted by Gasteiger charge is -2.17. The highest BCUT2D eigenvalue weighted by molar-refractivity contribution is 6.27. The van der Waals surface area contributed by atoms with E-state index >= 15 is 0 Å². The van der Waals surface area contributed by atoms with Gasteiger partial charge < -0.3 is 13.6 Å². The highest BCUT2D eigenvalue weighted by Crippen LogP contribution is 2.43. The molecule has 6 heteroatoms. The number of nitrogens with zero attached hydrogens (tertiary/aromatic N) is 5. The minimum atomic E-state index is 0.841. The maximum absolute atomic E-state index is 6.39. The average Bonchev–Trinajstić information content (AvgIpc) is 4.03. The number of hydrogen-bond acceptors (Lipinski definition) is 3. The molecule has 0 aliphatic carbocycles. The zero-order valence-corrected chi connectivity index (χ0v) is 30.0. The van der Waals surface area contributed by atoms with Crippen LogP contribution >= 0.6 is 0 Å². The summed E-state index contributed by atoms with van der Waals surface area (Å²) in [5, 5.41) is 16.6. The molecule has 0 bridgehead atoms. The van der Waals surface area contributed by atoms with Crippen LogP contribution in [0.2, 0.25) is 0 Å². The maximum Gasteiger partial charge on any atom is 0.136 e. The molecule has 4 heterocycles. The summed E-state index contributed by atoms with van der Waals surface area (Å²) in [4.78, 5) is 0. The molecule has 12 rings (SSSR count). The number of hydrogen-bond donors (Lipinski definition) is 0. The van der Waals surface area contributed by atoms with Crippen molar-refractivity contribution in [2.45, 2.75) is 0 Å². The molecule has 0 spiro atoms. The fraction of sp³-hybridized carbons (Fsp3) is 0. The van der Waals surface area contributed by atoms with Gasteiger partial charge in [-0.3, -0.25) is 0 Å². The van der Waals surface area contributed by atoms with Gasteiger partial charge in [-0.15, -0.1) is 5.10 Å². The minimum absolute atomic E-state index is 0.841. The predicted molar refractivity (Wildman–Crippen MR) is 228 cm³/mol. The van der Waals surface area contributed by atoms with Crippen molar-refractivity contribution in [1.82, 2.24) is 24.1 Å². The highest BCUT2D eigenvalue weighted by Gasteiger charge is 2.23. The average molecular weight is 718 g/mol. The van der Waals surface area contributed by atoms with Crippen LogP contribution in [0.1, 0.15) is 0 Å². The molecule has 0 amide bonds. The van der Waals surface area contributed by atoms with Crippen LogP contribution in [-0.4, -0.2) is 24.1 Å². The Morgan fingerprint density at radius 3 is 1.75 bits per heavy atom. The van der Waals surface area contributed by atoms with Gasteiger partial charge in [-0.1, -0.05) is 139 Å². The van der Waals surface area contributed by atoms with E-state index in [9.17, 15) is 0 Å². The van der Waals surface area contributed by atoms with Crippen LogP contribution in [0.25, 0.3) is 105 Å². The Balaban J connectivity index is 1.14. The maximum atomic E-state index is 6.39. The minimum Gasteiger partial charge on any atom is -0.456 e. The van der Waals surface area contributed by atoms with Crippen molar-refractivity contribution in [3.05, 3.63) is 188 Å². The van der Waals surface area contributed by atoms with Crippen molar-refractivity contribution in [2.75, 3.05) is 0 Å². The lowest BCUT2D eigenvalue weighted by atomic mass is 10.0. The Bertz CT molecular complexity index is 3480. The summed E-state index contributed by atoms with van der Waals surface area (Å²) in [5.41, 5.74) is 13.2. The van der Waals surface area contributed by atoms with Crippen LogP contribution < -0.4 is 0 Å². The third-order valence-electron chi connectivity index (χ3n) is 11.2. The van der Waals surface area contributed by atoms with Crippen LogP contribution in [0.15, 0.2) is 192 Å². The van der Waals surface area contributed by atoms with E-state index < -0.39 is 0 Å². The Morgan fingerprint density at radius 1 is 0.393 bits per heavy atom. The van der Waals surface area contributed by atoms with Gasteiger partial charge in [0.2, 0.25) is 0 Å². The van der Waals surface area contributed by atoms with Gasteiger partial charge in [-0.2, -0.15) is 0 Å². The first-order chi connectivity index (χ1) is 27.8. The summed E-state index contributed by atoms with van der Waals surface area (Å²) < 4.78 is 13.2. The molecule has 0 atom stereocenters. The Kier molecular flexibility index (Phi) is 6.53. The normalized spacial score (nSPS) is 11.9. The molecule has 0 aliphatic heterocycles. The smallest absolute Gasteiger partial charge is 0.136 e. The van der Waals surface area contributed by atoms with E-state index in [1.807, 2.05) is 35.0 Å². The molecule has 0 aliphatic rings. The predicted octanol–water partition coefficient (Wildman–Crippen LogP) is 12.7. The van der Waals surface area contributed by atoms with E-state index in [1.165, 1.54) is 16.2 Å². The van der Waals surface area contributed by atoms with Gasteiger partial charge in [0.25, 0.3) is 0 Å². The number of benzene rings is 8. The lowest BCUT2D eigenvalue weighted by molar-refractivity contribution is 0.669. The van der Waals surface area contributed by atoms with Gasteiger partial charge in [0.15, 0.2) is 0 Å². The van der Waals surface area contributed by atoms with Gasteiger partial charge in [0, 0.05) is 43.4 Å². The standard InChI is InChI=1S/C50H31N5O/c1-3-15-32(16-4-1)49-50(33-17-5-2-6-18-33)55(52-51-49)34-27-28-36-35-19-7-10-22-39(35)54(44(36)31-34)42-25-13-12-24-41(42)53-40-23-11-8-20-37(40)47-43(53)29-30-46-48(47)38-21-9-14-26-45(38)56-46/h1-31H. The van der Waals surface area contributed by atoms with Crippen LogP contribution in [0.5, 0.6) is 0 Å². The number of fused-ring (bicyclic) bond motifs is 10. The van der Waals surface area contributed by atoms with Gasteiger partial charge in [0.05, 0.1) is 39.1 Å². The van der Waals surface area contributed by atoms with E-state index in [4.69, 9.17) is 14.7 Å². The molecule has 12 aromatic rings. The molecule has 0 N–H and O–H groups in total. The number of rotatable bonds is 5. The summed E-state index contributed by atoms with van der Waals surface area (Å²) in [6.45, 7) is 0. The second kappa shape index (κ2) is 11.9. The molecule has 0 saturated heterocycles. The third kappa shape index (κ3) is 4.38.